The minimum absolute atomic E-state index is 0.0743. The second-order valence-corrected chi connectivity index (χ2v) is 9.44. The summed E-state index contributed by atoms with van der Waals surface area (Å²) in [5.41, 5.74) is 1.47. The Balaban J connectivity index is 1.40. The van der Waals surface area contributed by atoms with Crippen molar-refractivity contribution in [1.82, 2.24) is 15.6 Å². The van der Waals surface area contributed by atoms with E-state index in [1.54, 1.807) is 0 Å². The van der Waals surface area contributed by atoms with Gasteiger partial charge in [0.1, 0.15) is 5.82 Å². The largest absolute Gasteiger partial charge is 0.465 e. The monoisotopic (exact) mass is 454 g/mol. The molecule has 1 aliphatic heterocycles. The molecule has 2 fully saturated rings. The van der Waals surface area contributed by atoms with Crippen LogP contribution in [0, 0.1) is 17.8 Å². The van der Waals surface area contributed by atoms with Gasteiger partial charge >= 0.3 is 6.09 Å². The Kier molecular flexibility index (Phi) is 7.65. The first-order valence-electron chi connectivity index (χ1n) is 12.0. The van der Waals surface area contributed by atoms with Crippen molar-refractivity contribution in [3.63, 3.8) is 0 Å². The number of rotatable bonds is 7. The number of nitrogens with zero attached hydrogens (tertiary/aromatic N) is 2. The highest BCUT2D eigenvalue weighted by Gasteiger charge is 2.24. The average Bonchev–Trinajstić information content (AvgIpc) is 2.86. The molecule has 1 saturated carbocycles. The Hall–Kier alpha value is -2.87. The molecule has 0 bridgehead atoms. The molecule has 1 aromatic carbocycles. The molecule has 178 valence electrons. The van der Waals surface area contributed by atoms with Crippen LogP contribution in [0.2, 0.25) is 0 Å². The van der Waals surface area contributed by atoms with Crippen molar-refractivity contribution in [2.75, 3.05) is 37.7 Å². The van der Waals surface area contributed by atoms with Gasteiger partial charge in [0.15, 0.2) is 0 Å². The summed E-state index contributed by atoms with van der Waals surface area (Å²) >= 11 is 0. The van der Waals surface area contributed by atoms with Crippen LogP contribution in [0.25, 0.3) is 10.9 Å². The van der Waals surface area contributed by atoms with Gasteiger partial charge in [-0.3, -0.25) is 4.79 Å². The summed E-state index contributed by atoms with van der Waals surface area (Å²) in [5, 5.41) is 24.7. The number of aromatic nitrogens is 1. The van der Waals surface area contributed by atoms with Crippen molar-refractivity contribution in [3.8, 4) is 0 Å². The fraction of sp³-hybridized carbons (Fsp3) is 0.560. The molecule has 2 aromatic rings. The third kappa shape index (κ3) is 5.93. The minimum Gasteiger partial charge on any atom is -0.465 e. The lowest BCUT2D eigenvalue weighted by atomic mass is 9.82. The lowest BCUT2D eigenvalue weighted by Crippen LogP contribution is -2.36. The highest BCUT2D eigenvalue weighted by molar-refractivity contribution is 6.07. The minimum atomic E-state index is -0.967. The highest BCUT2D eigenvalue weighted by atomic mass is 16.4. The molecule has 0 spiro atoms. The number of fused-ring (bicyclic) bond motifs is 1. The lowest BCUT2D eigenvalue weighted by molar-refractivity contribution is 0.0942. The maximum Gasteiger partial charge on any atom is 0.404 e. The first-order chi connectivity index (χ1) is 16.0. The van der Waals surface area contributed by atoms with E-state index in [2.05, 4.69) is 15.5 Å². The molecule has 1 aromatic heterocycles. The van der Waals surface area contributed by atoms with Crippen molar-refractivity contribution in [3.05, 3.63) is 35.9 Å². The molecule has 2 amide bonds. The molecule has 2 aliphatic rings. The number of aliphatic hydroxyl groups is 1. The van der Waals surface area contributed by atoms with Gasteiger partial charge in [-0.25, -0.2) is 9.78 Å². The normalized spacial score (nSPS) is 21.7. The number of benzene rings is 1. The van der Waals surface area contributed by atoms with Crippen molar-refractivity contribution in [2.45, 2.75) is 38.5 Å². The van der Waals surface area contributed by atoms with Gasteiger partial charge in [-0.1, -0.05) is 18.2 Å². The number of para-hydroxylation sites is 1. The van der Waals surface area contributed by atoms with E-state index in [0.29, 0.717) is 36.4 Å². The zero-order chi connectivity index (χ0) is 23.2. The number of carboxylic acid groups (broad SMARTS) is 1. The van der Waals surface area contributed by atoms with E-state index in [-0.39, 0.29) is 12.5 Å². The Morgan fingerprint density at radius 2 is 1.58 bits per heavy atom. The second kappa shape index (κ2) is 10.8. The third-order valence-corrected chi connectivity index (χ3v) is 7.20. The summed E-state index contributed by atoms with van der Waals surface area (Å²) in [6.07, 6.45) is 4.84. The van der Waals surface area contributed by atoms with Crippen LogP contribution in [0.4, 0.5) is 10.6 Å². The first kappa shape index (κ1) is 23.3. The molecule has 33 heavy (non-hydrogen) atoms. The number of amides is 2. The van der Waals surface area contributed by atoms with Crippen LogP contribution < -0.4 is 15.5 Å². The zero-order valence-corrected chi connectivity index (χ0v) is 19.0. The van der Waals surface area contributed by atoms with Crippen molar-refractivity contribution in [1.29, 1.82) is 0 Å². The molecule has 8 nitrogen and oxygen atoms in total. The van der Waals surface area contributed by atoms with E-state index >= 15 is 0 Å². The summed E-state index contributed by atoms with van der Waals surface area (Å²) in [4.78, 5) is 30.9. The van der Waals surface area contributed by atoms with E-state index in [0.717, 1.165) is 68.3 Å². The van der Waals surface area contributed by atoms with Gasteiger partial charge in [-0.05, 0) is 68.4 Å². The number of carbonyl (C=O) groups is 2. The van der Waals surface area contributed by atoms with E-state index in [1.807, 2.05) is 30.3 Å². The van der Waals surface area contributed by atoms with Crippen LogP contribution in [0.3, 0.4) is 0 Å². The maximum absolute atomic E-state index is 13.2. The summed E-state index contributed by atoms with van der Waals surface area (Å²) in [7, 11) is 0. The van der Waals surface area contributed by atoms with Gasteiger partial charge in [0.25, 0.3) is 5.91 Å². The van der Waals surface area contributed by atoms with Crippen LogP contribution in [0.15, 0.2) is 30.3 Å². The number of carbonyl (C=O) groups excluding carboxylic acids is 1. The van der Waals surface area contributed by atoms with Crippen LogP contribution >= 0.6 is 0 Å². The molecule has 8 heteroatoms. The molecule has 1 saturated heterocycles. The summed E-state index contributed by atoms with van der Waals surface area (Å²) in [6.45, 7) is 3.03. The second-order valence-electron chi connectivity index (χ2n) is 9.44. The van der Waals surface area contributed by atoms with Crippen molar-refractivity contribution >= 4 is 28.7 Å². The smallest absolute Gasteiger partial charge is 0.404 e. The van der Waals surface area contributed by atoms with E-state index in [9.17, 15) is 14.7 Å². The predicted molar refractivity (Wildman–Crippen MR) is 128 cm³/mol. The van der Waals surface area contributed by atoms with Gasteiger partial charge in [-0.2, -0.15) is 0 Å². The van der Waals surface area contributed by atoms with E-state index in [1.165, 1.54) is 0 Å². The predicted octanol–water partition coefficient (Wildman–Crippen LogP) is 3.25. The van der Waals surface area contributed by atoms with E-state index in [4.69, 9.17) is 10.1 Å². The van der Waals surface area contributed by atoms with Crippen LogP contribution in [-0.2, 0) is 0 Å². The van der Waals surface area contributed by atoms with Crippen molar-refractivity contribution in [2.24, 2.45) is 17.8 Å². The zero-order valence-electron chi connectivity index (χ0n) is 19.0. The van der Waals surface area contributed by atoms with Gasteiger partial charge in [0.2, 0.25) is 0 Å². The molecular formula is C25H34N4O4. The van der Waals surface area contributed by atoms with Gasteiger partial charge in [0.05, 0.1) is 11.1 Å². The maximum atomic E-state index is 13.2. The number of anilines is 1. The number of aliphatic hydroxyl groups excluding tert-OH is 1. The number of pyridine rings is 1. The molecule has 0 radical (unpaired) electrons. The van der Waals surface area contributed by atoms with E-state index < -0.39 is 6.09 Å². The fourth-order valence-electron chi connectivity index (χ4n) is 5.06. The van der Waals surface area contributed by atoms with Gasteiger partial charge < -0.3 is 25.7 Å². The Morgan fingerprint density at radius 1 is 0.939 bits per heavy atom. The van der Waals surface area contributed by atoms with Crippen LogP contribution in [0.5, 0.6) is 0 Å². The topological polar surface area (TPSA) is 115 Å². The number of hydrogen-bond acceptors (Lipinski definition) is 5. The first-order valence-corrected chi connectivity index (χ1v) is 12.0. The molecule has 4 rings (SSSR count). The Bertz CT molecular complexity index is 966. The quantitative estimate of drug-likeness (QED) is 0.511. The number of piperidine rings is 1. The highest BCUT2D eigenvalue weighted by Crippen LogP contribution is 2.29. The Morgan fingerprint density at radius 3 is 2.21 bits per heavy atom. The SMILES string of the molecule is O=C(O)NC[C@H]1CC[C@H](CNC(=O)c2cc(N3CCC(CO)CC3)nc3ccccc23)CC1. The van der Waals surface area contributed by atoms with Crippen molar-refractivity contribution < 1.29 is 19.8 Å². The number of nitrogens with one attached hydrogen (secondary N) is 2. The summed E-state index contributed by atoms with van der Waals surface area (Å²) < 4.78 is 0. The van der Waals surface area contributed by atoms with Gasteiger partial charge in [-0.15, -0.1) is 0 Å². The van der Waals surface area contributed by atoms with Crippen LogP contribution in [-0.4, -0.2) is 60.0 Å². The molecule has 4 N–H and O–H groups in total. The van der Waals surface area contributed by atoms with Crippen LogP contribution in [0.1, 0.15) is 48.9 Å². The molecular weight excluding hydrogens is 420 g/mol. The fourth-order valence-corrected chi connectivity index (χ4v) is 5.06. The summed E-state index contributed by atoms with van der Waals surface area (Å²) in [6, 6.07) is 9.67. The third-order valence-electron chi connectivity index (χ3n) is 7.20. The molecule has 1 aliphatic carbocycles. The summed E-state index contributed by atoms with van der Waals surface area (Å²) in [5.74, 6) is 1.89. The average molecular weight is 455 g/mol. The van der Waals surface area contributed by atoms with Gasteiger partial charge in [0, 0.05) is 38.2 Å². The molecule has 2 heterocycles. The Labute approximate surface area is 194 Å². The lowest BCUT2D eigenvalue weighted by Gasteiger charge is -2.32. The molecule has 0 unspecified atom stereocenters. The number of hydrogen-bond donors (Lipinski definition) is 4. The standard InChI is InChI=1S/C25H34N4O4/c30-16-19-9-11-29(12-10-19)23-13-21(20-3-1-2-4-22(20)28-23)24(31)26-14-17-5-7-18(8-6-17)15-27-25(32)33/h1-4,13,17-19,27,30H,5-12,14-16H2,(H,26,31)(H,32,33)/t17-,18-. The molecule has 0 atom stereocenters.